The number of rotatable bonds is 1. The summed E-state index contributed by atoms with van der Waals surface area (Å²) in [7, 11) is 0. The lowest BCUT2D eigenvalue weighted by atomic mass is 10.3. The van der Waals surface area contributed by atoms with Crippen molar-refractivity contribution in [2.45, 2.75) is 6.92 Å². The Kier molecular flexibility index (Phi) is 2.22. The normalized spacial score (nSPS) is 11.0. The standard InChI is InChI=1S/C12H10FN5/c1-7-10-11(14)15-6-16-12(10)18(17-7)9-5-3-2-4-8(9)13/h2-6H,1H3,(H2,14,15,16). The second kappa shape index (κ2) is 3.76. The van der Waals surface area contributed by atoms with Gasteiger partial charge in [-0.2, -0.15) is 5.10 Å². The van der Waals surface area contributed by atoms with Gasteiger partial charge in [0.05, 0.1) is 11.1 Å². The number of benzene rings is 1. The van der Waals surface area contributed by atoms with Crippen LogP contribution in [0.1, 0.15) is 5.69 Å². The number of hydrogen-bond donors (Lipinski definition) is 1. The second-order valence-corrected chi connectivity index (χ2v) is 3.91. The van der Waals surface area contributed by atoms with Gasteiger partial charge >= 0.3 is 0 Å². The van der Waals surface area contributed by atoms with Gasteiger partial charge in [-0.1, -0.05) is 12.1 Å². The molecule has 2 aromatic heterocycles. The minimum absolute atomic E-state index is 0.341. The van der Waals surface area contributed by atoms with Gasteiger partial charge in [0.1, 0.15) is 23.6 Å². The molecule has 0 aliphatic carbocycles. The smallest absolute Gasteiger partial charge is 0.168 e. The van der Waals surface area contributed by atoms with Gasteiger partial charge in [0.15, 0.2) is 5.65 Å². The van der Waals surface area contributed by atoms with Crippen LogP contribution in [0.2, 0.25) is 0 Å². The number of halogens is 1. The fourth-order valence-electron chi connectivity index (χ4n) is 1.94. The molecule has 3 aromatic rings. The van der Waals surface area contributed by atoms with Crippen molar-refractivity contribution in [1.29, 1.82) is 0 Å². The van der Waals surface area contributed by atoms with E-state index in [9.17, 15) is 4.39 Å². The third kappa shape index (κ3) is 1.42. The molecule has 0 fully saturated rings. The molecule has 0 atom stereocenters. The zero-order valence-electron chi connectivity index (χ0n) is 9.63. The molecule has 2 N–H and O–H groups in total. The van der Waals surface area contributed by atoms with Gasteiger partial charge in [-0.15, -0.1) is 0 Å². The molecule has 5 nitrogen and oxygen atoms in total. The first-order valence-corrected chi connectivity index (χ1v) is 5.39. The van der Waals surface area contributed by atoms with Crippen LogP contribution in [0.5, 0.6) is 0 Å². The lowest BCUT2D eigenvalue weighted by Crippen LogP contribution is -2.01. The molecular formula is C12H10FN5. The maximum absolute atomic E-state index is 13.8. The first kappa shape index (κ1) is 10.6. The molecule has 90 valence electrons. The molecule has 0 aliphatic heterocycles. The molecule has 0 amide bonds. The summed E-state index contributed by atoms with van der Waals surface area (Å²) >= 11 is 0. The summed E-state index contributed by atoms with van der Waals surface area (Å²) in [5.41, 5.74) is 7.31. The monoisotopic (exact) mass is 243 g/mol. The van der Waals surface area contributed by atoms with E-state index in [0.29, 0.717) is 28.2 Å². The molecule has 6 heteroatoms. The molecule has 18 heavy (non-hydrogen) atoms. The van der Waals surface area contributed by atoms with Gasteiger partial charge in [-0.25, -0.2) is 19.0 Å². The van der Waals surface area contributed by atoms with Crippen LogP contribution in [-0.4, -0.2) is 19.7 Å². The van der Waals surface area contributed by atoms with Crippen molar-refractivity contribution in [3.05, 3.63) is 42.1 Å². The van der Waals surface area contributed by atoms with Gasteiger partial charge < -0.3 is 5.73 Å². The Hall–Kier alpha value is -2.50. The van der Waals surface area contributed by atoms with Crippen LogP contribution in [0.25, 0.3) is 16.7 Å². The molecule has 0 radical (unpaired) electrons. The van der Waals surface area contributed by atoms with E-state index in [4.69, 9.17) is 5.73 Å². The molecule has 3 rings (SSSR count). The molecule has 0 unspecified atom stereocenters. The maximum atomic E-state index is 13.8. The van der Waals surface area contributed by atoms with E-state index in [-0.39, 0.29) is 5.82 Å². The van der Waals surface area contributed by atoms with E-state index in [1.165, 1.54) is 17.1 Å². The fraction of sp³-hybridized carbons (Fsp3) is 0.0833. The highest BCUT2D eigenvalue weighted by molar-refractivity contribution is 5.88. The summed E-state index contributed by atoms with van der Waals surface area (Å²) in [6.45, 7) is 1.79. The van der Waals surface area contributed by atoms with E-state index in [1.807, 2.05) is 0 Å². The number of anilines is 1. The predicted octanol–water partition coefficient (Wildman–Crippen LogP) is 1.85. The largest absolute Gasteiger partial charge is 0.383 e. The SMILES string of the molecule is Cc1nn(-c2ccccc2F)c2ncnc(N)c12. The Bertz CT molecular complexity index is 734. The lowest BCUT2D eigenvalue weighted by molar-refractivity contribution is 0.612. The number of nitrogens with zero attached hydrogens (tertiary/aromatic N) is 4. The molecule has 2 heterocycles. The van der Waals surface area contributed by atoms with Crippen molar-refractivity contribution in [3.63, 3.8) is 0 Å². The van der Waals surface area contributed by atoms with Crippen LogP contribution in [0.15, 0.2) is 30.6 Å². The summed E-state index contributed by atoms with van der Waals surface area (Å²) in [6.07, 6.45) is 1.34. The van der Waals surface area contributed by atoms with Crippen LogP contribution in [0.3, 0.4) is 0 Å². The van der Waals surface area contributed by atoms with Gasteiger partial charge in [0.2, 0.25) is 0 Å². The predicted molar refractivity (Wildman–Crippen MR) is 65.8 cm³/mol. The first-order chi connectivity index (χ1) is 8.68. The fourth-order valence-corrected chi connectivity index (χ4v) is 1.94. The Morgan fingerprint density at radius 1 is 1.22 bits per heavy atom. The number of aryl methyl sites for hydroxylation is 1. The van der Waals surface area contributed by atoms with E-state index >= 15 is 0 Å². The molecule has 0 spiro atoms. The lowest BCUT2D eigenvalue weighted by Gasteiger charge is -2.03. The molecule has 0 bridgehead atoms. The highest BCUT2D eigenvalue weighted by Gasteiger charge is 2.15. The minimum Gasteiger partial charge on any atom is -0.383 e. The number of nitrogen functional groups attached to an aromatic ring is 1. The van der Waals surface area contributed by atoms with Crippen LogP contribution < -0.4 is 5.73 Å². The van der Waals surface area contributed by atoms with Crippen molar-refractivity contribution in [1.82, 2.24) is 19.7 Å². The number of aromatic nitrogens is 4. The second-order valence-electron chi connectivity index (χ2n) is 3.91. The minimum atomic E-state index is -0.362. The van der Waals surface area contributed by atoms with E-state index in [2.05, 4.69) is 15.1 Å². The van der Waals surface area contributed by atoms with Crippen molar-refractivity contribution in [3.8, 4) is 5.69 Å². The first-order valence-electron chi connectivity index (χ1n) is 5.39. The number of hydrogen-bond acceptors (Lipinski definition) is 4. The Labute approximate surface area is 102 Å². The highest BCUT2D eigenvalue weighted by atomic mass is 19.1. The number of fused-ring (bicyclic) bond motifs is 1. The highest BCUT2D eigenvalue weighted by Crippen LogP contribution is 2.24. The molecule has 0 aliphatic rings. The van der Waals surface area contributed by atoms with Gasteiger partial charge in [-0.05, 0) is 19.1 Å². The van der Waals surface area contributed by atoms with Crippen molar-refractivity contribution < 1.29 is 4.39 Å². The molecular weight excluding hydrogens is 233 g/mol. The Morgan fingerprint density at radius 3 is 2.78 bits per heavy atom. The summed E-state index contributed by atoms with van der Waals surface area (Å²) in [5, 5.41) is 4.93. The van der Waals surface area contributed by atoms with Crippen LogP contribution in [0.4, 0.5) is 10.2 Å². The van der Waals surface area contributed by atoms with E-state index < -0.39 is 0 Å². The summed E-state index contributed by atoms with van der Waals surface area (Å²) in [6, 6.07) is 6.38. The summed E-state index contributed by atoms with van der Waals surface area (Å²) < 4.78 is 15.2. The van der Waals surface area contributed by atoms with Crippen LogP contribution in [-0.2, 0) is 0 Å². The molecule has 1 aromatic carbocycles. The molecule has 0 saturated heterocycles. The van der Waals surface area contributed by atoms with Gasteiger partial charge in [-0.3, -0.25) is 0 Å². The topological polar surface area (TPSA) is 69.6 Å². The summed E-state index contributed by atoms with van der Waals surface area (Å²) in [5.74, 6) is -0.0147. The van der Waals surface area contributed by atoms with Crippen molar-refractivity contribution in [2.24, 2.45) is 0 Å². The average Bonchev–Trinajstić information content (AvgIpc) is 2.69. The summed E-state index contributed by atoms with van der Waals surface area (Å²) in [4.78, 5) is 8.04. The zero-order chi connectivity index (χ0) is 12.7. The third-order valence-corrected chi connectivity index (χ3v) is 2.75. The molecule has 0 saturated carbocycles. The zero-order valence-corrected chi connectivity index (χ0v) is 9.63. The van der Waals surface area contributed by atoms with Gasteiger partial charge in [0.25, 0.3) is 0 Å². The van der Waals surface area contributed by atoms with Gasteiger partial charge in [0, 0.05) is 0 Å². The average molecular weight is 243 g/mol. The van der Waals surface area contributed by atoms with E-state index in [1.54, 1.807) is 25.1 Å². The van der Waals surface area contributed by atoms with E-state index in [0.717, 1.165) is 0 Å². The maximum Gasteiger partial charge on any atom is 0.168 e. The van der Waals surface area contributed by atoms with Crippen molar-refractivity contribution in [2.75, 3.05) is 5.73 Å². The Balaban J connectivity index is 2.38. The van der Waals surface area contributed by atoms with Crippen LogP contribution >= 0.6 is 0 Å². The third-order valence-electron chi connectivity index (χ3n) is 2.75. The van der Waals surface area contributed by atoms with Crippen molar-refractivity contribution >= 4 is 16.9 Å². The number of para-hydroxylation sites is 1. The number of nitrogens with two attached hydrogens (primary N) is 1. The quantitative estimate of drug-likeness (QED) is 0.708. The van der Waals surface area contributed by atoms with Crippen LogP contribution in [0, 0.1) is 12.7 Å². The Morgan fingerprint density at radius 2 is 2.00 bits per heavy atom.